The first-order valence-corrected chi connectivity index (χ1v) is 35.6. The molecular weight excluding hydrogens is 1230 g/mol. The first-order valence-electron chi connectivity index (χ1n) is 34.5. The first kappa shape index (κ1) is 85.2. The van der Waals surface area contributed by atoms with E-state index in [0.29, 0.717) is 18.7 Å². The quantitative estimate of drug-likeness (QED) is 0.0752. The molecule has 6 N–H and O–H groups in total. The van der Waals surface area contributed by atoms with Crippen molar-refractivity contribution in [3.05, 3.63) is 12.2 Å². The van der Waals surface area contributed by atoms with Crippen LogP contribution in [0.3, 0.4) is 0 Å². The van der Waals surface area contributed by atoms with E-state index in [-0.39, 0.29) is 67.9 Å². The van der Waals surface area contributed by atoms with Gasteiger partial charge >= 0.3 is 0 Å². The van der Waals surface area contributed by atoms with Crippen LogP contribution in [0.1, 0.15) is 163 Å². The Hall–Kier alpha value is -5.86. The van der Waals surface area contributed by atoms with Crippen molar-refractivity contribution in [3.8, 4) is 0 Å². The third-order valence-electron chi connectivity index (χ3n) is 18.3. The molecule has 2 heterocycles. The van der Waals surface area contributed by atoms with Crippen molar-refractivity contribution in [3.63, 3.8) is 0 Å². The van der Waals surface area contributed by atoms with E-state index in [1.54, 1.807) is 34.6 Å². The Kier molecular flexibility index (Phi) is 35.5. The Balaban J connectivity index is 3.08. The molecule has 12 atom stereocenters. The molecule has 544 valence electrons. The highest BCUT2D eigenvalue weighted by Gasteiger charge is 2.45. The summed E-state index contributed by atoms with van der Waals surface area (Å²) in [5, 5.41) is 26.0. The molecule has 0 aliphatic carbocycles. The monoisotopic (exact) mass is 1360 g/mol. The van der Waals surface area contributed by atoms with Crippen LogP contribution in [-0.2, 0) is 52.7 Å². The van der Waals surface area contributed by atoms with E-state index in [4.69, 9.17) is 0 Å². The van der Waals surface area contributed by atoms with E-state index >= 15 is 33.6 Å². The summed E-state index contributed by atoms with van der Waals surface area (Å²) in [6.07, 6.45) is 4.77. The standard InChI is InChI=1S/C69H125N13O12S/c1-25-27-28-46(13)38-51-60(85)73-49(26-2)63(88)80(23)55(40-95-34-33-82-31-29-70-30-32-82)66(91)79(22)54(39-69(16,17)94)61(86)74-56(44(9)10)67(92)75(18)50(35-41(3)4)59(84)71-47(14)58(83)72-48(15)62(87)77(20)52(36-42(5)6)64(89)78(21)53(37-43(7)8)65(90)81(24)57(45(11)12)68(93)76(51)19/h25,27,41-57,70,94H,26,28-40H2,1-24H3,(H,71,84)(H,72,83)(H,73,85)(H,74,86)/b27-25+/t46-,47-,48+,49+,50-,51+,52+,53+,54+,55-,56-,57+/m1/s1. The lowest BCUT2D eigenvalue weighted by molar-refractivity contribution is -0.156. The molecule has 0 aromatic rings. The molecule has 2 fully saturated rings. The molecule has 26 heteroatoms. The van der Waals surface area contributed by atoms with Crippen LogP contribution in [0, 0.1) is 35.5 Å². The zero-order valence-corrected chi connectivity index (χ0v) is 63.1. The van der Waals surface area contributed by atoms with Gasteiger partial charge in [0.2, 0.25) is 65.0 Å². The van der Waals surface area contributed by atoms with Crippen LogP contribution >= 0.6 is 11.8 Å². The number of likely N-dealkylation sites (N-methyl/N-ethyl adjacent to an activating group) is 7. The zero-order valence-electron chi connectivity index (χ0n) is 62.3. The zero-order chi connectivity index (χ0) is 72.8. The number of hydrogen-bond acceptors (Lipinski definition) is 15. The van der Waals surface area contributed by atoms with Gasteiger partial charge in [-0.2, -0.15) is 11.8 Å². The van der Waals surface area contributed by atoms with Crippen molar-refractivity contribution >= 4 is 76.7 Å². The van der Waals surface area contributed by atoms with Gasteiger partial charge in [-0.05, 0) is 109 Å². The maximum atomic E-state index is 15.4. The molecule has 2 saturated heterocycles. The van der Waals surface area contributed by atoms with Gasteiger partial charge in [0.25, 0.3) is 0 Å². The predicted molar refractivity (Wildman–Crippen MR) is 374 cm³/mol. The van der Waals surface area contributed by atoms with E-state index in [2.05, 4.69) is 31.5 Å². The smallest absolute Gasteiger partial charge is 0.246 e. The van der Waals surface area contributed by atoms with Gasteiger partial charge in [-0.3, -0.25) is 57.6 Å². The molecule has 11 amide bonds. The summed E-state index contributed by atoms with van der Waals surface area (Å²) in [5.41, 5.74) is -1.56. The van der Waals surface area contributed by atoms with E-state index < -0.39 is 149 Å². The minimum atomic E-state index is -1.56. The predicted octanol–water partition coefficient (Wildman–Crippen LogP) is 3.42. The van der Waals surface area contributed by atoms with Crippen LogP contribution in [0.15, 0.2) is 12.2 Å². The van der Waals surface area contributed by atoms with Gasteiger partial charge < -0.3 is 66.0 Å². The Bertz CT molecular complexity index is 2590. The van der Waals surface area contributed by atoms with Crippen molar-refractivity contribution < 1.29 is 57.8 Å². The van der Waals surface area contributed by atoms with Gasteiger partial charge in [-0.15, -0.1) is 0 Å². The summed E-state index contributed by atoms with van der Waals surface area (Å²) in [6.45, 7) is 33.7. The summed E-state index contributed by atoms with van der Waals surface area (Å²) in [5.74, 6) is -8.21. The number of thioether (sulfide) groups is 1. The van der Waals surface area contributed by atoms with Crippen LogP contribution in [0.5, 0.6) is 0 Å². The topological polar surface area (TPSA) is 294 Å². The van der Waals surface area contributed by atoms with E-state index in [9.17, 15) is 24.3 Å². The molecule has 0 aromatic heterocycles. The van der Waals surface area contributed by atoms with E-state index in [1.165, 1.54) is 123 Å². The Morgan fingerprint density at radius 1 is 0.505 bits per heavy atom. The first-order chi connectivity index (χ1) is 44.1. The number of nitrogens with zero attached hydrogens (tertiary/aromatic N) is 8. The van der Waals surface area contributed by atoms with Crippen molar-refractivity contribution in [2.45, 2.75) is 235 Å². The summed E-state index contributed by atoms with van der Waals surface area (Å²) in [4.78, 5) is 176. The number of aliphatic hydroxyl groups is 1. The lowest BCUT2D eigenvalue weighted by Gasteiger charge is -2.41. The average Bonchev–Trinajstić information content (AvgIpc) is 1.37. The molecule has 0 bridgehead atoms. The van der Waals surface area contributed by atoms with Crippen molar-refractivity contribution in [2.75, 3.05) is 93.6 Å². The second-order valence-electron chi connectivity index (χ2n) is 29.3. The van der Waals surface area contributed by atoms with Gasteiger partial charge in [-0.25, -0.2) is 0 Å². The molecule has 25 nitrogen and oxygen atoms in total. The van der Waals surface area contributed by atoms with Crippen molar-refractivity contribution in [1.29, 1.82) is 0 Å². The summed E-state index contributed by atoms with van der Waals surface area (Å²) in [7, 11) is 10.3. The maximum Gasteiger partial charge on any atom is 0.246 e. The number of allylic oxidation sites excluding steroid dienone is 2. The van der Waals surface area contributed by atoms with Crippen LogP contribution in [0.2, 0.25) is 0 Å². The minimum Gasteiger partial charge on any atom is -0.390 e. The SMILES string of the molecule is C/C=C/C[C@@H](C)C[C@H]1C(=O)N[C@@H](CC)C(=O)N(C)[C@H](CSCCN2CCNCC2)C(=O)N(C)[C@@H](CC(C)(C)O)C(=O)N[C@H](C(C)C)C(=O)N(C)[C@H](CC(C)C)C(=O)N[C@H](C)C(=O)N[C@@H](C)C(=O)N(C)[C@@H](CC(C)C)C(=O)N(C)[C@@H](CC(C)C)C(=O)N(C)[C@@H](C(C)C)C(=O)N1C. The fraction of sp³-hybridized carbons (Fsp3) is 0.812. The largest absolute Gasteiger partial charge is 0.390 e. The number of carbonyl (C=O) groups excluding carboxylic acids is 11. The van der Waals surface area contributed by atoms with Gasteiger partial charge in [0.15, 0.2) is 0 Å². The number of amides is 11. The molecule has 2 aliphatic rings. The maximum absolute atomic E-state index is 15.4. The summed E-state index contributed by atoms with van der Waals surface area (Å²) < 4.78 is 0. The molecular formula is C69H125N13O12S. The second kappa shape index (κ2) is 39.5. The minimum absolute atomic E-state index is 0.0627. The van der Waals surface area contributed by atoms with E-state index in [0.717, 1.165) is 26.2 Å². The highest BCUT2D eigenvalue weighted by Crippen LogP contribution is 2.27. The molecule has 2 aliphatic heterocycles. The van der Waals surface area contributed by atoms with Crippen LogP contribution in [-0.4, -0.2) is 275 Å². The van der Waals surface area contributed by atoms with Gasteiger partial charge in [0.1, 0.15) is 66.5 Å². The van der Waals surface area contributed by atoms with Crippen LogP contribution in [0.25, 0.3) is 0 Å². The van der Waals surface area contributed by atoms with Gasteiger partial charge in [0.05, 0.1) is 5.60 Å². The molecule has 95 heavy (non-hydrogen) atoms. The summed E-state index contributed by atoms with van der Waals surface area (Å²) in [6, 6.07) is -13.4. The molecule has 0 spiro atoms. The normalized spacial score (nSPS) is 27.1. The van der Waals surface area contributed by atoms with Crippen LogP contribution in [0.4, 0.5) is 0 Å². The van der Waals surface area contributed by atoms with Crippen molar-refractivity contribution in [1.82, 2.24) is 65.8 Å². The second-order valence-corrected chi connectivity index (χ2v) is 30.5. The average molecular weight is 1360 g/mol. The number of nitrogens with one attached hydrogen (secondary N) is 5. The third-order valence-corrected chi connectivity index (χ3v) is 19.3. The van der Waals surface area contributed by atoms with Crippen LogP contribution < -0.4 is 26.6 Å². The number of hydrogen-bond donors (Lipinski definition) is 6. The molecule has 2 rings (SSSR count). The lowest BCUT2D eigenvalue weighted by atomic mass is 9.93. The fourth-order valence-corrected chi connectivity index (χ4v) is 13.4. The lowest BCUT2D eigenvalue weighted by Crippen LogP contribution is -2.62. The Labute approximate surface area is 573 Å². The molecule has 0 saturated carbocycles. The van der Waals surface area contributed by atoms with Crippen molar-refractivity contribution in [2.24, 2.45) is 35.5 Å². The highest BCUT2D eigenvalue weighted by atomic mass is 32.2. The molecule has 0 aromatic carbocycles. The number of piperazine rings is 1. The third kappa shape index (κ3) is 25.5. The highest BCUT2D eigenvalue weighted by molar-refractivity contribution is 7.99. The van der Waals surface area contributed by atoms with E-state index in [1.807, 2.05) is 67.5 Å². The number of carbonyl (C=O) groups is 11. The number of rotatable bonds is 20. The molecule has 0 radical (unpaired) electrons. The summed E-state index contributed by atoms with van der Waals surface area (Å²) >= 11 is 1.44. The molecule has 0 unspecified atom stereocenters. The van der Waals surface area contributed by atoms with Gasteiger partial charge in [0, 0.05) is 100.0 Å². The fourth-order valence-electron chi connectivity index (χ4n) is 12.3. The Morgan fingerprint density at radius 2 is 0.937 bits per heavy atom. The van der Waals surface area contributed by atoms with Gasteiger partial charge in [-0.1, -0.05) is 95.2 Å². The Morgan fingerprint density at radius 3 is 1.43 bits per heavy atom.